The zero-order valence-corrected chi connectivity index (χ0v) is 18.4. The maximum atomic E-state index is 13.6. The number of fused-ring (bicyclic) bond motifs is 2. The third-order valence-corrected chi connectivity index (χ3v) is 6.10. The van der Waals surface area contributed by atoms with Crippen LogP contribution in [0.25, 0.3) is 11.0 Å². The van der Waals surface area contributed by atoms with Gasteiger partial charge in [0, 0.05) is 11.2 Å². The van der Waals surface area contributed by atoms with E-state index in [9.17, 15) is 14.4 Å². The second kappa shape index (κ2) is 7.86. The minimum absolute atomic E-state index is 0.0399. The fourth-order valence-electron chi connectivity index (χ4n) is 4.06. The number of halogens is 1. The van der Waals surface area contributed by atoms with Gasteiger partial charge in [-0.05, 0) is 54.4 Å². The second-order valence-electron chi connectivity index (χ2n) is 7.65. The SMILES string of the molecule is COC(=O)c1ccc(C2c3c(oc4cc(C)c(Cl)cc4c3=O)C(=O)N2c2ccccn2)cc1. The number of benzene rings is 2. The first-order valence-corrected chi connectivity index (χ1v) is 10.5. The van der Waals surface area contributed by atoms with Crippen LogP contribution in [0.4, 0.5) is 5.82 Å². The van der Waals surface area contributed by atoms with Crippen LogP contribution in [0.5, 0.6) is 0 Å². The third-order valence-electron chi connectivity index (χ3n) is 5.70. The molecule has 5 rings (SSSR count). The largest absolute Gasteiger partial charge is 0.465 e. The Morgan fingerprint density at radius 2 is 1.88 bits per heavy atom. The highest BCUT2D eigenvalue weighted by Crippen LogP contribution is 2.40. The van der Waals surface area contributed by atoms with Crippen molar-refractivity contribution in [3.63, 3.8) is 0 Å². The molecule has 0 fully saturated rings. The molecule has 0 N–H and O–H groups in total. The average Bonchev–Trinajstić information content (AvgIpc) is 3.13. The fourth-order valence-corrected chi connectivity index (χ4v) is 4.22. The van der Waals surface area contributed by atoms with Gasteiger partial charge < -0.3 is 9.15 Å². The van der Waals surface area contributed by atoms with Crippen LogP contribution in [-0.4, -0.2) is 24.0 Å². The highest BCUT2D eigenvalue weighted by atomic mass is 35.5. The molecule has 2 aromatic carbocycles. The molecule has 7 nitrogen and oxygen atoms in total. The highest BCUT2D eigenvalue weighted by molar-refractivity contribution is 6.32. The molecule has 0 saturated heterocycles. The van der Waals surface area contributed by atoms with Gasteiger partial charge in [-0.25, -0.2) is 9.78 Å². The summed E-state index contributed by atoms with van der Waals surface area (Å²) in [7, 11) is 1.30. The molecule has 164 valence electrons. The van der Waals surface area contributed by atoms with Crippen LogP contribution in [0.15, 0.2) is 70.0 Å². The van der Waals surface area contributed by atoms with Gasteiger partial charge in [-0.1, -0.05) is 29.8 Å². The van der Waals surface area contributed by atoms with E-state index >= 15 is 0 Å². The molecule has 4 aromatic rings. The smallest absolute Gasteiger partial charge is 0.337 e. The normalized spacial score (nSPS) is 15.1. The number of nitrogens with zero attached hydrogens (tertiary/aromatic N) is 2. The van der Waals surface area contributed by atoms with Crippen LogP contribution in [0, 0.1) is 6.92 Å². The van der Waals surface area contributed by atoms with Gasteiger partial charge in [-0.3, -0.25) is 14.5 Å². The van der Waals surface area contributed by atoms with E-state index in [0.717, 1.165) is 5.56 Å². The molecule has 1 aliphatic heterocycles. The summed E-state index contributed by atoms with van der Waals surface area (Å²) in [5, 5.41) is 0.718. The van der Waals surface area contributed by atoms with E-state index in [-0.39, 0.29) is 27.7 Å². The Morgan fingerprint density at radius 1 is 1.12 bits per heavy atom. The second-order valence-corrected chi connectivity index (χ2v) is 8.06. The molecule has 0 spiro atoms. The molecular formula is C25H17ClN2O5. The summed E-state index contributed by atoms with van der Waals surface area (Å²) in [6.07, 6.45) is 1.57. The van der Waals surface area contributed by atoms with Crippen molar-refractivity contribution in [2.45, 2.75) is 13.0 Å². The van der Waals surface area contributed by atoms with Crippen molar-refractivity contribution in [2.24, 2.45) is 0 Å². The molecule has 0 saturated carbocycles. The van der Waals surface area contributed by atoms with Gasteiger partial charge in [0.1, 0.15) is 11.4 Å². The van der Waals surface area contributed by atoms with E-state index < -0.39 is 17.9 Å². The molecule has 0 bridgehead atoms. The first-order chi connectivity index (χ1) is 15.9. The first-order valence-electron chi connectivity index (χ1n) is 10.1. The number of rotatable bonds is 3. The molecule has 8 heteroatoms. The molecule has 2 aromatic heterocycles. The molecule has 1 unspecified atom stereocenters. The van der Waals surface area contributed by atoms with Crippen molar-refractivity contribution < 1.29 is 18.7 Å². The Morgan fingerprint density at radius 3 is 2.55 bits per heavy atom. The van der Waals surface area contributed by atoms with E-state index in [1.54, 1.807) is 67.7 Å². The number of carbonyl (C=O) groups is 2. The van der Waals surface area contributed by atoms with Gasteiger partial charge in [-0.2, -0.15) is 0 Å². The van der Waals surface area contributed by atoms with Gasteiger partial charge in [0.25, 0.3) is 5.91 Å². The summed E-state index contributed by atoms with van der Waals surface area (Å²) in [5.41, 5.74) is 1.84. The number of amides is 1. The predicted octanol–water partition coefficient (Wildman–Crippen LogP) is 4.69. The number of esters is 1. The molecule has 33 heavy (non-hydrogen) atoms. The fraction of sp³-hybridized carbons (Fsp3) is 0.120. The lowest BCUT2D eigenvalue weighted by Gasteiger charge is -2.24. The number of pyridine rings is 1. The van der Waals surface area contributed by atoms with Crippen molar-refractivity contribution in [3.8, 4) is 0 Å². The van der Waals surface area contributed by atoms with E-state index in [4.69, 9.17) is 20.8 Å². The Kier molecular flexibility index (Phi) is 4.98. The van der Waals surface area contributed by atoms with Crippen LogP contribution < -0.4 is 10.3 Å². The summed E-state index contributed by atoms with van der Waals surface area (Å²) in [6, 6.07) is 14.1. The summed E-state index contributed by atoms with van der Waals surface area (Å²) in [5.74, 6) is -0.630. The quantitative estimate of drug-likeness (QED) is 0.412. The van der Waals surface area contributed by atoms with Gasteiger partial charge in [0.15, 0.2) is 5.43 Å². The zero-order chi connectivity index (χ0) is 23.3. The third kappa shape index (κ3) is 3.29. The maximum absolute atomic E-state index is 13.6. The van der Waals surface area contributed by atoms with Crippen molar-refractivity contribution in [3.05, 3.63) is 104 Å². The lowest BCUT2D eigenvalue weighted by Crippen LogP contribution is -2.30. The van der Waals surface area contributed by atoms with Crippen molar-refractivity contribution in [1.82, 2.24) is 4.98 Å². The Bertz CT molecular complexity index is 1480. The van der Waals surface area contributed by atoms with Crippen LogP contribution in [0.2, 0.25) is 5.02 Å². The minimum Gasteiger partial charge on any atom is -0.465 e. The Labute approximate surface area is 193 Å². The first kappa shape index (κ1) is 20.9. The summed E-state index contributed by atoms with van der Waals surface area (Å²) >= 11 is 6.27. The number of ether oxygens (including phenoxy) is 1. The Hall–Kier alpha value is -3.97. The molecule has 0 radical (unpaired) electrons. The zero-order valence-electron chi connectivity index (χ0n) is 17.7. The number of aromatic nitrogens is 1. The Balaban J connectivity index is 1.77. The summed E-state index contributed by atoms with van der Waals surface area (Å²) in [4.78, 5) is 44.7. The van der Waals surface area contributed by atoms with Crippen molar-refractivity contribution in [2.75, 3.05) is 12.0 Å². The van der Waals surface area contributed by atoms with Crippen LogP contribution in [0.1, 0.15) is 43.6 Å². The number of anilines is 1. The van der Waals surface area contributed by atoms with E-state index in [0.29, 0.717) is 22.0 Å². The molecule has 1 amide bonds. The molecular weight excluding hydrogens is 444 g/mol. The van der Waals surface area contributed by atoms with E-state index in [1.807, 2.05) is 0 Å². The lowest BCUT2D eigenvalue weighted by atomic mass is 9.97. The van der Waals surface area contributed by atoms with Gasteiger partial charge in [0.2, 0.25) is 5.76 Å². The van der Waals surface area contributed by atoms with Gasteiger partial charge >= 0.3 is 5.97 Å². The monoisotopic (exact) mass is 460 g/mol. The van der Waals surface area contributed by atoms with E-state index in [2.05, 4.69) is 4.98 Å². The number of hydrogen-bond donors (Lipinski definition) is 0. The number of aryl methyl sites for hydroxylation is 1. The molecule has 0 aliphatic carbocycles. The van der Waals surface area contributed by atoms with Crippen molar-refractivity contribution in [1.29, 1.82) is 0 Å². The maximum Gasteiger partial charge on any atom is 0.337 e. The van der Waals surface area contributed by atoms with Gasteiger partial charge in [-0.15, -0.1) is 0 Å². The molecule has 1 aliphatic rings. The molecule has 3 heterocycles. The summed E-state index contributed by atoms with van der Waals surface area (Å²) < 4.78 is 10.7. The molecule has 1 atom stereocenters. The van der Waals surface area contributed by atoms with Crippen molar-refractivity contribution >= 4 is 40.3 Å². The summed E-state index contributed by atoms with van der Waals surface area (Å²) in [6.45, 7) is 1.79. The van der Waals surface area contributed by atoms with Gasteiger partial charge in [0.05, 0.1) is 29.7 Å². The van der Waals surface area contributed by atoms with E-state index in [1.165, 1.54) is 12.0 Å². The van der Waals surface area contributed by atoms with Crippen LogP contribution in [-0.2, 0) is 4.74 Å². The number of methoxy groups -OCH3 is 1. The predicted molar refractivity (Wildman–Crippen MR) is 123 cm³/mol. The topological polar surface area (TPSA) is 89.7 Å². The standard InChI is InChI=1S/C25H17ClN2O5/c1-13-11-18-16(12-17(13)26)22(29)20-21(14-6-8-15(9-7-14)25(31)32-2)28(24(30)23(20)33-18)19-5-3-4-10-27-19/h3-12,21H,1-2H3. The lowest BCUT2D eigenvalue weighted by molar-refractivity contribution is 0.0600. The minimum atomic E-state index is -0.796. The number of hydrogen-bond acceptors (Lipinski definition) is 6. The number of carbonyl (C=O) groups excluding carboxylic acids is 2. The van der Waals surface area contributed by atoms with Crippen LogP contribution in [0.3, 0.4) is 0 Å². The highest BCUT2D eigenvalue weighted by Gasteiger charge is 2.44. The average molecular weight is 461 g/mol. The van der Waals surface area contributed by atoms with Crippen LogP contribution >= 0.6 is 11.6 Å².